The number of nitriles is 1. The van der Waals surface area contributed by atoms with Crippen LogP contribution >= 0.6 is 23.4 Å². The third-order valence-electron chi connectivity index (χ3n) is 2.64. The zero-order valence-electron chi connectivity index (χ0n) is 10.8. The van der Waals surface area contributed by atoms with Crippen LogP contribution in [0.4, 0.5) is 15.8 Å². The van der Waals surface area contributed by atoms with E-state index in [-0.39, 0.29) is 5.02 Å². The Hall–Kier alpha value is -1.70. The minimum Gasteiger partial charge on any atom is -0.354 e. The molecule has 2 nitrogen and oxygen atoms in total. The van der Waals surface area contributed by atoms with Crippen LogP contribution in [0.3, 0.4) is 0 Å². The number of benzene rings is 2. The van der Waals surface area contributed by atoms with E-state index in [2.05, 4.69) is 11.4 Å². The molecule has 0 spiro atoms. The highest BCUT2D eigenvalue weighted by Gasteiger charge is 2.09. The van der Waals surface area contributed by atoms with Gasteiger partial charge in [-0.05, 0) is 36.1 Å². The molecule has 2 rings (SSSR count). The molecular formula is C15H12ClFN2S. The summed E-state index contributed by atoms with van der Waals surface area (Å²) in [5.41, 5.74) is 1.78. The Labute approximate surface area is 126 Å². The van der Waals surface area contributed by atoms with Crippen LogP contribution in [0.25, 0.3) is 0 Å². The smallest absolute Gasteiger partial charge is 0.143 e. The van der Waals surface area contributed by atoms with Crippen molar-refractivity contribution < 1.29 is 4.39 Å². The highest BCUT2D eigenvalue weighted by molar-refractivity contribution is 7.99. The fraction of sp³-hybridized carbons (Fsp3) is 0.133. The van der Waals surface area contributed by atoms with Gasteiger partial charge in [-0.3, -0.25) is 0 Å². The number of halogens is 2. The monoisotopic (exact) mass is 306 g/mol. The SMILES string of the molecule is CCSc1cccc(Nc2ccc(Cl)c(F)c2)c1C#N. The van der Waals surface area contributed by atoms with Crippen LogP contribution in [0.1, 0.15) is 12.5 Å². The summed E-state index contributed by atoms with van der Waals surface area (Å²) in [5.74, 6) is 0.391. The van der Waals surface area contributed by atoms with Gasteiger partial charge in [0.05, 0.1) is 16.3 Å². The van der Waals surface area contributed by atoms with Gasteiger partial charge in [-0.25, -0.2) is 4.39 Å². The molecule has 20 heavy (non-hydrogen) atoms. The molecule has 0 aromatic heterocycles. The predicted octanol–water partition coefficient (Wildman–Crippen LogP) is 5.21. The number of anilines is 2. The van der Waals surface area contributed by atoms with E-state index in [1.165, 1.54) is 12.1 Å². The molecule has 0 fully saturated rings. The van der Waals surface area contributed by atoms with Crippen LogP contribution in [-0.4, -0.2) is 5.75 Å². The third-order valence-corrected chi connectivity index (χ3v) is 3.88. The summed E-state index contributed by atoms with van der Waals surface area (Å²) in [5, 5.41) is 12.4. The van der Waals surface area contributed by atoms with Crippen molar-refractivity contribution in [1.82, 2.24) is 0 Å². The quantitative estimate of drug-likeness (QED) is 0.788. The average molecular weight is 307 g/mol. The fourth-order valence-electron chi connectivity index (χ4n) is 1.76. The standard InChI is InChI=1S/C15H12ClFN2S/c1-2-20-15-5-3-4-14(11(15)9-18)19-10-6-7-12(16)13(17)8-10/h3-8,19H,2H2,1H3. The molecule has 0 aliphatic rings. The van der Waals surface area contributed by atoms with E-state index in [0.29, 0.717) is 16.9 Å². The lowest BCUT2D eigenvalue weighted by Crippen LogP contribution is -1.96. The molecule has 0 atom stereocenters. The summed E-state index contributed by atoms with van der Waals surface area (Å²) in [7, 11) is 0. The van der Waals surface area contributed by atoms with Crippen molar-refractivity contribution >= 4 is 34.7 Å². The average Bonchev–Trinajstić information content (AvgIpc) is 2.44. The highest BCUT2D eigenvalue weighted by Crippen LogP contribution is 2.30. The van der Waals surface area contributed by atoms with Crippen molar-refractivity contribution in [3.05, 3.63) is 52.8 Å². The van der Waals surface area contributed by atoms with Gasteiger partial charge < -0.3 is 5.32 Å². The fourth-order valence-corrected chi connectivity index (χ4v) is 2.66. The molecule has 1 N–H and O–H groups in total. The third kappa shape index (κ3) is 3.24. The zero-order valence-corrected chi connectivity index (χ0v) is 12.4. The second kappa shape index (κ2) is 6.65. The maximum atomic E-state index is 13.4. The summed E-state index contributed by atoms with van der Waals surface area (Å²) in [6.45, 7) is 2.03. The number of hydrogen-bond donors (Lipinski definition) is 1. The predicted molar refractivity (Wildman–Crippen MR) is 82.2 cm³/mol. The first-order chi connectivity index (χ1) is 9.65. The lowest BCUT2D eigenvalue weighted by Gasteiger charge is -2.11. The zero-order chi connectivity index (χ0) is 14.5. The van der Waals surface area contributed by atoms with Gasteiger partial charge in [0.15, 0.2) is 0 Å². The summed E-state index contributed by atoms with van der Waals surface area (Å²) < 4.78 is 13.4. The van der Waals surface area contributed by atoms with Crippen molar-refractivity contribution in [3.63, 3.8) is 0 Å². The van der Waals surface area contributed by atoms with Crippen LogP contribution in [-0.2, 0) is 0 Å². The van der Waals surface area contributed by atoms with Gasteiger partial charge in [0.2, 0.25) is 0 Å². The lowest BCUT2D eigenvalue weighted by atomic mass is 10.2. The van der Waals surface area contributed by atoms with Crippen molar-refractivity contribution in [2.24, 2.45) is 0 Å². The number of nitrogens with one attached hydrogen (secondary N) is 1. The largest absolute Gasteiger partial charge is 0.354 e. The van der Waals surface area contributed by atoms with Gasteiger partial charge in [0, 0.05) is 10.6 Å². The number of thioether (sulfide) groups is 1. The maximum absolute atomic E-state index is 13.4. The van der Waals surface area contributed by atoms with Crippen LogP contribution in [0.2, 0.25) is 5.02 Å². The molecule has 5 heteroatoms. The molecule has 0 bridgehead atoms. The van der Waals surface area contributed by atoms with Gasteiger partial charge in [-0.15, -0.1) is 11.8 Å². The molecule has 0 radical (unpaired) electrons. The van der Waals surface area contributed by atoms with E-state index in [1.807, 2.05) is 19.1 Å². The first kappa shape index (κ1) is 14.7. The van der Waals surface area contributed by atoms with E-state index in [9.17, 15) is 9.65 Å². The Bertz CT molecular complexity index is 667. The second-order valence-electron chi connectivity index (χ2n) is 3.98. The number of hydrogen-bond acceptors (Lipinski definition) is 3. The molecule has 2 aromatic rings. The van der Waals surface area contributed by atoms with E-state index in [1.54, 1.807) is 23.9 Å². The van der Waals surface area contributed by atoms with Crippen molar-refractivity contribution in [3.8, 4) is 6.07 Å². The Morgan fingerprint density at radius 1 is 1.35 bits per heavy atom. The van der Waals surface area contributed by atoms with Crippen LogP contribution in [0.15, 0.2) is 41.3 Å². The topological polar surface area (TPSA) is 35.8 Å². The van der Waals surface area contributed by atoms with E-state index in [0.717, 1.165) is 10.6 Å². The Balaban J connectivity index is 2.35. The highest BCUT2D eigenvalue weighted by atomic mass is 35.5. The van der Waals surface area contributed by atoms with Crippen molar-refractivity contribution in [2.45, 2.75) is 11.8 Å². The molecule has 0 amide bonds. The summed E-state index contributed by atoms with van der Waals surface area (Å²) in [6.07, 6.45) is 0. The Morgan fingerprint density at radius 3 is 2.80 bits per heavy atom. The van der Waals surface area contributed by atoms with Crippen molar-refractivity contribution in [2.75, 3.05) is 11.1 Å². The number of nitrogens with zero attached hydrogens (tertiary/aromatic N) is 1. The Kier molecular flexibility index (Phi) is 4.89. The summed E-state index contributed by atoms with van der Waals surface area (Å²) >= 11 is 7.25. The maximum Gasteiger partial charge on any atom is 0.143 e. The molecular weight excluding hydrogens is 295 g/mol. The molecule has 0 saturated heterocycles. The minimum absolute atomic E-state index is 0.0753. The van der Waals surface area contributed by atoms with Crippen LogP contribution in [0, 0.1) is 17.1 Å². The summed E-state index contributed by atoms with van der Waals surface area (Å²) in [6, 6.07) is 12.2. The molecule has 0 heterocycles. The van der Waals surface area contributed by atoms with E-state index in [4.69, 9.17) is 11.6 Å². The summed E-state index contributed by atoms with van der Waals surface area (Å²) in [4.78, 5) is 0.912. The van der Waals surface area contributed by atoms with Gasteiger partial charge >= 0.3 is 0 Å². The van der Waals surface area contributed by atoms with Gasteiger partial charge in [-0.1, -0.05) is 24.6 Å². The van der Waals surface area contributed by atoms with E-state index < -0.39 is 5.82 Å². The molecule has 102 valence electrons. The molecule has 2 aromatic carbocycles. The second-order valence-corrected chi connectivity index (χ2v) is 5.69. The lowest BCUT2D eigenvalue weighted by molar-refractivity contribution is 0.629. The molecule has 0 saturated carbocycles. The van der Waals surface area contributed by atoms with E-state index >= 15 is 0 Å². The van der Waals surface area contributed by atoms with Crippen molar-refractivity contribution in [1.29, 1.82) is 5.26 Å². The Morgan fingerprint density at radius 2 is 2.15 bits per heavy atom. The normalized spacial score (nSPS) is 10.1. The van der Waals surface area contributed by atoms with Gasteiger partial charge in [-0.2, -0.15) is 5.26 Å². The molecule has 0 aliphatic carbocycles. The first-order valence-electron chi connectivity index (χ1n) is 6.03. The first-order valence-corrected chi connectivity index (χ1v) is 7.40. The van der Waals surface area contributed by atoms with Gasteiger partial charge in [0.1, 0.15) is 11.9 Å². The van der Waals surface area contributed by atoms with Crippen LogP contribution < -0.4 is 5.32 Å². The minimum atomic E-state index is -0.491. The van der Waals surface area contributed by atoms with Gasteiger partial charge in [0.25, 0.3) is 0 Å². The molecule has 0 aliphatic heterocycles. The number of rotatable bonds is 4. The molecule has 0 unspecified atom stereocenters. The van der Waals surface area contributed by atoms with Crippen LogP contribution in [0.5, 0.6) is 0 Å².